The van der Waals surface area contributed by atoms with Gasteiger partial charge in [-0.2, -0.15) is 0 Å². The van der Waals surface area contributed by atoms with Crippen LogP contribution in [0.3, 0.4) is 0 Å². The molecule has 176 valence electrons. The molecule has 9 heteroatoms. The number of hydrogen-bond donors (Lipinski definition) is 5. The summed E-state index contributed by atoms with van der Waals surface area (Å²) in [4.78, 5) is 44.4. The minimum Gasteiger partial charge on any atom is -0.348 e. The molecule has 2 amide bonds. The van der Waals surface area contributed by atoms with Crippen molar-refractivity contribution >= 4 is 17.6 Å². The fourth-order valence-electron chi connectivity index (χ4n) is 3.41. The van der Waals surface area contributed by atoms with Crippen LogP contribution in [0.25, 0.3) is 0 Å². The molecule has 0 aliphatic heterocycles. The van der Waals surface area contributed by atoms with Crippen molar-refractivity contribution in [2.24, 2.45) is 11.5 Å². The van der Waals surface area contributed by atoms with Gasteiger partial charge in [-0.15, -0.1) is 0 Å². The van der Waals surface area contributed by atoms with Gasteiger partial charge < -0.3 is 27.1 Å². The Balaban J connectivity index is 2.70. The molecule has 0 aliphatic rings. The number of nitrogens with one attached hydrogen (secondary N) is 3. The molecule has 1 rings (SSSR count). The van der Waals surface area contributed by atoms with Gasteiger partial charge in [0.25, 0.3) is 0 Å². The first-order chi connectivity index (χ1) is 15.0. The lowest BCUT2D eigenvalue weighted by atomic mass is 9.99. The molecule has 0 spiro atoms. The number of amides is 2. The summed E-state index contributed by atoms with van der Waals surface area (Å²) < 4.78 is 0. The third kappa shape index (κ3) is 11.6. The summed E-state index contributed by atoms with van der Waals surface area (Å²) in [5.74, 6) is -0.797. The second-order valence-corrected chi connectivity index (χ2v) is 7.93. The van der Waals surface area contributed by atoms with Crippen molar-refractivity contribution in [1.29, 1.82) is 0 Å². The molecular formula is C22H40N6O3. The third-order valence-electron chi connectivity index (χ3n) is 5.24. The molecule has 0 unspecified atom stereocenters. The Morgan fingerprint density at radius 3 is 2.39 bits per heavy atom. The average Bonchev–Trinajstić information content (AvgIpc) is 3.27. The lowest BCUT2D eigenvalue weighted by Gasteiger charge is -2.23. The highest BCUT2D eigenvalue weighted by Gasteiger charge is 2.26. The molecule has 1 aromatic heterocycles. The van der Waals surface area contributed by atoms with E-state index in [-0.39, 0.29) is 18.7 Å². The molecule has 0 bridgehead atoms. The molecule has 9 nitrogen and oxygen atoms in total. The summed E-state index contributed by atoms with van der Waals surface area (Å²) in [5, 5.41) is 5.49. The Bertz CT molecular complexity index is 635. The predicted octanol–water partition coefficient (Wildman–Crippen LogP) is 1.33. The minimum atomic E-state index is -0.838. The minimum absolute atomic E-state index is 0.0336. The van der Waals surface area contributed by atoms with Gasteiger partial charge in [0.05, 0.1) is 18.9 Å². The zero-order chi connectivity index (χ0) is 22.9. The maximum absolute atomic E-state index is 12.9. The van der Waals surface area contributed by atoms with Crippen LogP contribution in [0.5, 0.6) is 0 Å². The molecule has 0 aliphatic carbocycles. The van der Waals surface area contributed by atoms with E-state index < -0.39 is 23.9 Å². The largest absolute Gasteiger partial charge is 0.348 e. The first-order valence-corrected chi connectivity index (χ1v) is 11.5. The lowest BCUT2D eigenvalue weighted by molar-refractivity contribution is -0.131. The molecule has 31 heavy (non-hydrogen) atoms. The maximum Gasteiger partial charge on any atom is 0.243 e. The van der Waals surface area contributed by atoms with E-state index in [2.05, 4.69) is 27.5 Å². The predicted molar refractivity (Wildman–Crippen MR) is 121 cm³/mol. The van der Waals surface area contributed by atoms with Crippen molar-refractivity contribution < 1.29 is 14.4 Å². The second-order valence-electron chi connectivity index (χ2n) is 7.93. The molecule has 0 radical (unpaired) electrons. The van der Waals surface area contributed by atoms with E-state index in [0.29, 0.717) is 25.1 Å². The molecule has 0 fully saturated rings. The van der Waals surface area contributed by atoms with E-state index in [1.807, 2.05) is 0 Å². The Morgan fingerprint density at radius 2 is 1.74 bits per heavy atom. The van der Waals surface area contributed by atoms with Crippen LogP contribution in [-0.4, -0.2) is 52.7 Å². The van der Waals surface area contributed by atoms with Gasteiger partial charge >= 0.3 is 0 Å². The van der Waals surface area contributed by atoms with E-state index in [1.165, 1.54) is 25.6 Å². The standard InChI is InChI=1S/C22H40N6O3/c1-2-3-4-5-6-7-11-20(29)18(10-8-9-12-23)28-22(31)19(27-21(30)14-24)13-17-15-25-16-26-17/h15-16,18-19H,2-14,23-24H2,1H3,(H,25,26)(H,27,30)(H,28,31)/t18-,19-/m0/s1. The molecular weight excluding hydrogens is 396 g/mol. The third-order valence-corrected chi connectivity index (χ3v) is 5.24. The van der Waals surface area contributed by atoms with Gasteiger partial charge in [0.1, 0.15) is 6.04 Å². The summed E-state index contributed by atoms with van der Waals surface area (Å²) >= 11 is 0. The number of unbranched alkanes of at least 4 members (excludes halogenated alkanes) is 6. The number of ketones is 1. The SMILES string of the molecule is CCCCCCCCC(=O)[C@H](CCCCN)NC(=O)[C@H](Cc1cnc[nH]1)NC(=O)CN. The monoisotopic (exact) mass is 436 g/mol. The summed E-state index contributed by atoms with van der Waals surface area (Å²) in [6, 6.07) is -1.41. The number of Topliss-reactive ketones (excluding diaryl/α,β-unsaturated/α-hetero) is 1. The first kappa shape index (κ1) is 26.8. The Kier molecular flexibility index (Phi) is 14.2. The number of hydrogen-bond acceptors (Lipinski definition) is 6. The van der Waals surface area contributed by atoms with E-state index in [0.717, 1.165) is 32.1 Å². The number of nitrogens with two attached hydrogens (primary N) is 2. The van der Waals surface area contributed by atoms with Gasteiger partial charge in [0.15, 0.2) is 5.78 Å². The van der Waals surface area contributed by atoms with Crippen molar-refractivity contribution in [3.8, 4) is 0 Å². The Hall–Kier alpha value is -2.26. The zero-order valence-electron chi connectivity index (χ0n) is 18.8. The van der Waals surface area contributed by atoms with Crippen LogP contribution in [0.2, 0.25) is 0 Å². The van der Waals surface area contributed by atoms with E-state index in [9.17, 15) is 14.4 Å². The number of aromatic amines is 1. The lowest BCUT2D eigenvalue weighted by Crippen LogP contribution is -2.53. The normalized spacial score (nSPS) is 12.9. The molecule has 7 N–H and O–H groups in total. The number of nitrogens with zero attached hydrogens (tertiary/aromatic N) is 1. The number of aromatic nitrogens is 2. The summed E-state index contributed by atoms with van der Waals surface area (Å²) in [6.45, 7) is 2.50. The van der Waals surface area contributed by atoms with E-state index in [1.54, 1.807) is 6.20 Å². The second kappa shape index (κ2) is 16.4. The number of imidazole rings is 1. The van der Waals surface area contributed by atoms with Gasteiger partial charge in [0.2, 0.25) is 11.8 Å². The number of carbonyl (C=O) groups is 3. The van der Waals surface area contributed by atoms with Crippen molar-refractivity contribution in [2.45, 2.75) is 89.6 Å². The highest BCUT2D eigenvalue weighted by molar-refractivity contribution is 5.93. The van der Waals surface area contributed by atoms with Crippen LogP contribution >= 0.6 is 0 Å². The fraction of sp³-hybridized carbons (Fsp3) is 0.727. The van der Waals surface area contributed by atoms with Crippen LogP contribution in [0.1, 0.15) is 76.8 Å². The van der Waals surface area contributed by atoms with Gasteiger partial charge in [0, 0.05) is 24.7 Å². The van der Waals surface area contributed by atoms with Crippen molar-refractivity contribution in [3.05, 3.63) is 18.2 Å². The number of rotatable bonds is 18. The smallest absolute Gasteiger partial charge is 0.243 e. The summed E-state index contributed by atoms with van der Waals surface area (Å²) in [6.07, 6.45) is 12.4. The van der Waals surface area contributed by atoms with Crippen molar-refractivity contribution in [2.75, 3.05) is 13.1 Å². The molecule has 0 saturated heterocycles. The van der Waals surface area contributed by atoms with Crippen LogP contribution in [-0.2, 0) is 20.8 Å². The van der Waals surface area contributed by atoms with Crippen molar-refractivity contribution in [3.63, 3.8) is 0 Å². The Labute approximate surface area is 185 Å². The van der Waals surface area contributed by atoms with Crippen molar-refractivity contribution in [1.82, 2.24) is 20.6 Å². The molecule has 2 atom stereocenters. The fourth-order valence-corrected chi connectivity index (χ4v) is 3.41. The van der Waals surface area contributed by atoms with Gasteiger partial charge in [-0.05, 0) is 32.2 Å². The number of carbonyl (C=O) groups excluding carboxylic acids is 3. The van der Waals surface area contributed by atoms with Crippen LogP contribution in [0.4, 0.5) is 0 Å². The number of H-pyrrole nitrogens is 1. The van der Waals surface area contributed by atoms with Gasteiger partial charge in [-0.3, -0.25) is 14.4 Å². The molecule has 1 heterocycles. The van der Waals surface area contributed by atoms with E-state index in [4.69, 9.17) is 11.5 Å². The van der Waals surface area contributed by atoms with Crippen LogP contribution in [0, 0.1) is 0 Å². The topological polar surface area (TPSA) is 156 Å². The summed E-state index contributed by atoms with van der Waals surface area (Å²) in [5.41, 5.74) is 11.7. The molecule has 0 aromatic carbocycles. The highest BCUT2D eigenvalue weighted by atomic mass is 16.2. The van der Waals surface area contributed by atoms with Crippen LogP contribution in [0.15, 0.2) is 12.5 Å². The molecule has 1 aromatic rings. The van der Waals surface area contributed by atoms with Gasteiger partial charge in [-0.1, -0.05) is 39.0 Å². The maximum atomic E-state index is 12.9. The Morgan fingerprint density at radius 1 is 1.00 bits per heavy atom. The summed E-state index contributed by atoms with van der Waals surface area (Å²) in [7, 11) is 0. The quantitative estimate of drug-likeness (QED) is 0.219. The van der Waals surface area contributed by atoms with Crippen LogP contribution < -0.4 is 22.1 Å². The van der Waals surface area contributed by atoms with E-state index >= 15 is 0 Å². The average molecular weight is 437 g/mol. The molecule has 0 saturated carbocycles. The first-order valence-electron chi connectivity index (χ1n) is 11.5. The highest BCUT2D eigenvalue weighted by Crippen LogP contribution is 2.11. The van der Waals surface area contributed by atoms with Gasteiger partial charge in [-0.25, -0.2) is 4.98 Å². The zero-order valence-corrected chi connectivity index (χ0v) is 18.8.